The number of hydrogen-bond donors (Lipinski definition) is 0. The maximum Gasteiger partial charge on any atom is 0.306 e. The molecule has 1 atom stereocenters. The van der Waals surface area contributed by atoms with Crippen molar-refractivity contribution < 1.29 is 23.8 Å². The van der Waals surface area contributed by atoms with Gasteiger partial charge >= 0.3 is 11.9 Å². The molecule has 0 bridgehead atoms. The van der Waals surface area contributed by atoms with Crippen LogP contribution in [0.15, 0.2) is 48.6 Å². The van der Waals surface area contributed by atoms with Crippen molar-refractivity contribution in [2.75, 3.05) is 19.8 Å². The minimum atomic E-state index is -0.548. The summed E-state index contributed by atoms with van der Waals surface area (Å²) in [5.41, 5.74) is 0. The monoisotopic (exact) mass is 869 g/mol. The normalized spacial score (nSPS) is 12.5. The van der Waals surface area contributed by atoms with E-state index < -0.39 is 6.10 Å². The molecule has 0 amide bonds. The van der Waals surface area contributed by atoms with Crippen LogP contribution in [0.4, 0.5) is 0 Å². The highest BCUT2D eigenvalue weighted by Gasteiger charge is 2.17. The summed E-state index contributed by atoms with van der Waals surface area (Å²) in [5, 5.41) is 0. The zero-order valence-electron chi connectivity index (χ0n) is 41.6. The van der Waals surface area contributed by atoms with Gasteiger partial charge in [0.25, 0.3) is 0 Å². The molecule has 0 saturated carbocycles. The molecule has 0 aromatic heterocycles. The van der Waals surface area contributed by atoms with Crippen molar-refractivity contribution in [1.82, 2.24) is 0 Å². The second-order valence-corrected chi connectivity index (χ2v) is 18.1. The van der Waals surface area contributed by atoms with Crippen LogP contribution in [0, 0.1) is 0 Å². The molecule has 0 radical (unpaired) electrons. The molecule has 0 fully saturated rings. The highest BCUT2D eigenvalue weighted by Crippen LogP contribution is 2.16. The lowest BCUT2D eigenvalue weighted by molar-refractivity contribution is -0.163. The van der Waals surface area contributed by atoms with Gasteiger partial charge in [-0.05, 0) is 57.8 Å². The minimum absolute atomic E-state index is 0.0686. The molecule has 5 heteroatoms. The molecule has 0 N–H and O–H groups in total. The number of esters is 2. The Bertz CT molecular complexity index is 1030. The summed E-state index contributed by atoms with van der Waals surface area (Å²) in [4.78, 5) is 25.4. The highest BCUT2D eigenvalue weighted by molar-refractivity contribution is 5.70. The molecule has 0 heterocycles. The molecule has 5 nitrogen and oxygen atoms in total. The number of rotatable bonds is 50. The molecule has 0 aliphatic carbocycles. The van der Waals surface area contributed by atoms with Crippen molar-refractivity contribution in [3.05, 3.63) is 48.6 Å². The lowest BCUT2D eigenvalue weighted by atomic mass is 10.0. The molecule has 0 aliphatic rings. The Morgan fingerprint density at radius 2 is 0.726 bits per heavy atom. The third-order valence-electron chi connectivity index (χ3n) is 11.9. The second-order valence-electron chi connectivity index (χ2n) is 18.1. The fourth-order valence-electron chi connectivity index (χ4n) is 7.86. The maximum atomic E-state index is 12.8. The van der Waals surface area contributed by atoms with E-state index in [2.05, 4.69) is 69.4 Å². The fourth-order valence-corrected chi connectivity index (χ4v) is 7.86. The molecule has 0 aromatic carbocycles. The number of ether oxygens (including phenoxy) is 3. The first-order valence-corrected chi connectivity index (χ1v) is 27.2. The summed E-state index contributed by atoms with van der Waals surface area (Å²) in [6.07, 6.45) is 65.6. The quantitative estimate of drug-likeness (QED) is 0.0346. The topological polar surface area (TPSA) is 61.8 Å². The number of carbonyl (C=O) groups is 2. The Kier molecular flexibility index (Phi) is 51.4. The maximum absolute atomic E-state index is 12.8. The van der Waals surface area contributed by atoms with Crippen LogP contribution in [0.2, 0.25) is 0 Å². The summed E-state index contributed by atoms with van der Waals surface area (Å²) >= 11 is 0. The van der Waals surface area contributed by atoms with E-state index in [9.17, 15) is 9.59 Å². The van der Waals surface area contributed by atoms with Gasteiger partial charge in [-0.15, -0.1) is 0 Å². The summed E-state index contributed by atoms with van der Waals surface area (Å²) < 4.78 is 17.4. The van der Waals surface area contributed by atoms with Crippen LogP contribution in [0.25, 0.3) is 0 Å². The van der Waals surface area contributed by atoms with E-state index in [0.717, 1.165) is 70.6 Å². The van der Waals surface area contributed by atoms with Gasteiger partial charge in [-0.3, -0.25) is 9.59 Å². The van der Waals surface area contributed by atoms with Crippen LogP contribution >= 0.6 is 0 Å². The van der Waals surface area contributed by atoms with Gasteiger partial charge in [0.1, 0.15) is 6.61 Å². The summed E-state index contributed by atoms with van der Waals surface area (Å²) in [7, 11) is 0. The predicted molar refractivity (Wildman–Crippen MR) is 270 cm³/mol. The third-order valence-corrected chi connectivity index (χ3v) is 11.9. The van der Waals surface area contributed by atoms with Crippen LogP contribution in [0.1, 0.15) is 278 Å². The SMILES string of the molecule is CC/C=C\C/C=C\C/C=C\C/C=C\CCCCC(=O)OCC(COCCCCCCCCCCCCCCCCCCCC)OC(=O)CCCCCCCCCCCCCCC. The summed E-state index contributed by atoms with van der Waals surface area (Å²) in [6.45, 7) is 7.72. The smallest absolute Gasteiger partial charge is 0.306 e. The standard InChI is InChI=1S/C57H104O5/c1-4-7-10-13-16-19-22-25-27-28-29-31-34-37-40-43-46-49-52-60-53-55(62-57(59)51-48-45-42-39-36-32-24-21-18-15-12-9-6-3)54-61-56(58)50-47-44-41-38-35-33-30-26-23-20-17-14-11-8-5-2/h8,11,17,20,26,30,35,38,55H,4-7,9-10,12-16,18-19,21-25,27-29,31-34,36-37,39-54H2,1-3H3/b11-8-,20-17-,30-26-,38-35-. The van der Waals surface area contributed by atoms with Crippen LogP contribution in [0.3, 0.4) is 0 Å². The first-order valence-electron chi connectivity index (χ1n) is 27.2. The predicted octanol–water partition coefficient (Wildman–Crippen LogP) is 18.3. The van der Waals surface area contributed by atoms with Crippen molar-refractivity contribution in [3.63, 3.8) is 0 Å². The third kappa shape index (κ3) is 50.5. The first-order chi connectivity index (χ1) is 30.6. The van der Waals surface area contributed by atoms with E-state index in [1.165, 1.54) is 173 Å². The number of unbranched alkanes of at least 4 members (excludes halogenated alkanes) is 31. The van der Waals surface area contributed by atoms with Gasteiger partial charge < -0.3 is 14.2 Å². The van der Waals surface area contributed by atoms with E-state index in [-0.39, 0.29) is 25.2 Å². The van der Waals surface area contributed by atoms with Crippen LogP contribution in [-0.2, 0) is 23.8 Å². The number of carbonyl (C=O) groups excluding carboxylic acids is 2. The van der Waals surface area contributed by atoms with E-state index in [4.69, 9.17) is 14.2 Å². The summed E-state index contributed by atoms with van der Waals surface area (Å²) in [6, 6.07) is 0. The molecule has 62 heavy (non-hydrogen) atoms. The lowest BCUT2D eigenvalue weighted by Crippen LogP contribution is -2.30. The average Bonchev–Trinajstić information content (AvgIpc) is 3.27. The van der Waals surface area contributed by atoms with Gasteiger partial charge in [-0.2, -0.15) is 0 Å². The van der Waals surface area contributed by atoms with Crippen molar-refractivity contribution in [1.29, 1.82) is 0 Å². The average molecular weight is 869 g/mol. The molecule has 1 unspecified atom stereocenters. The van der Waals surface area contributed by atoms with Crippen LogP contribution in [-0.4, -0.2) is 37.9 Å². The van der Waals surface area contributed by atoms with E-state index in [0.29, 0.717) is 19.4 Å². The molecule has 0 spiro atoms. The van der Waals surface area contributed by atoms with Crippen molar-refractivity contribution >= 4 is 11.9 Å². The van der Waals surface area contributed by atoms with E-state index >= 15 is 0 Å². The summed E-state index contributed by atoms with van der Waals surface area (Å²) in [5.74, 6) is -0.431. The zero-order chi connectivity index (χ0) is 44.9. The van der Waals surface area contributed by atoms with Crippen molar-refractivity contribution in [3.8, 4) is 0 Å². The van der Waals surface area contributed by atoms with E-state index in [1.807, 2.05) is 0 Å². The van der Waals surface area contributed by atoms with Gasteiger partial charge in [0.15, 0.2) is 6.10 Å². The second kappa shape index (κ2) is 53.2. The van der Waals surface area contributed by atoms with Crippen LogP contribution < -0.4 is 0 Å². The Hall–Kier alpha value is -2.14. The molecule has 0 rings (SSSR count). The number of allylic oxidation sites excluding steroid dienone is 8. The Balaban J connectivity index is 4.27. The molecule has 0 saturated heterocycles. The molecule has 362 valence electrons. The minimum Gasteiger partial charge on any atom is -0.462 e. The van der Waals surface area contributed by atoms with Gasteiger partial charge in [0.2, 0.25) is 0 Å². The van der Waals surface area contributed by atoms with E-state index in [1.54, 1.807) is 0 Å². The fraction of sp³-hybridized carbons (Fsp3) is 0.825. The first kappa shape index (κ1) is 59.9. The van der Waals surface area contributed by atoms with Gasteiger partial charge in [-0.1, -0.05) is 256 Å². The molecular weight excluding hydrogens is 765 g/mol. The molecule has 0 aliphatic heterocycles. The molecular formula is C57H104O5. The largest absolute Gasteiger partial charge is 0.462 e. The van der Waals surface area contributed by atoms with Crippen molar-refractivity contribution in [2.24, 2.45) is 0 Å². The van der Waals surface area contributed by atoms with Gasteiger partial charge in [0.05, 0.1) is 6.61 Å². The van der Waals surface area contributed by atoms with Gasteiger partial charge in [-0.25, -0.2) is 0 Å². The molecule has 0 aromatic rings. The number of hydrogen-bond acceptors (Lipinski definition) is 5. The zero-order valence-corrected chi connectivity index (χ0v) is 41.6. The highest BCUT2D eigenvalue weighted by atomic mass is 16.6. The van der Waals surface area contributed by atoms with Crippen LogP contribution in [0.5, 0.6) is 0 Å². The Labute approximate surface area is 386 Å². The Morgan fingerprint density at radius 1 is 0.371 bits per heavy atom. The Morgan fingerprint density at radius 3 is 1.16 bits per heavy atom. The van der Waals surface area contributed by atoms with Crippen molar-refractivity contribution in [2.45, 2.75) is 284 Å². The van der Waals surface area contributed by atoms with Gasteiger partial charge in [0, 0.05) is 19.4 Å². The lowest BCUT2D eigenvalue weighted by Gasteiger charge is -2.18.